The Kier molecular flexibility index (Phi) is 3.66. The molecule has 3 heteroatoms. The van der Waals surface area contributed by atoms with Crippen LogP contribution in [-0.2, 0) is 10.8 Å². The SMILES string of the molecule is CS(=O)CC[Si](C)(C)C. The summed E-state index contributed by atoms with van der Waals surface area (Å²) < 4.78 is 10.6. The summed E-state index contributed by atoms with van der Waals surface area (Å²) in [5, 5.41) is 0. The van der Waals surface area contributed by atoms with E-state index in [1.54, 1.807) is 6.26 Å². The van der Waals surface area contributed by atoms with Crippen molar-refractivity contribution in [2.24, 2.45) is 0 Å². The molecule has 1 atom stereocenters. The molecule has 0 saturated heterocycles. The molecule has 0 amide bonds. The van der Waals surface area contributed by atoms with Crippen LogP contribution in [0.15, 0.2) is 0 Å². The van der Waals surface area contributed by atoms with E-state index in [1.807, 2.05) is 0 Å². The molecule has 0 aliphatic heterocycles. The highest BCUT2D eigenvalue weighted by Crippen LogP contribution is 2.07. The van der Waals surface area contributed by atoms with Gasteiger partial charge in [0.25, 0.3) is 0 Å². The van der Waals surface area contributed by atoms with Crippen molar-refractivity contribution in [2.75, 3.05) is 12.0 Å². The van der Waals surface area contributed by atoms with Crippen LogP contribution in [0, 0.1) is 0 Å². The maximum Gasteiger partial charge on any atom is 0.0451 e. The van der Waals surface area contributed by atoms with E-state index < -0.39 is 18.9 Å². The molecule has 0 aliphatic carbocycles. The van der Waals surface area contributed by atoms with Gasteiger partial charge < -0.3 is 0 Å². The standard InChI is InChI=1S/C6H16OSSi/c1-8(7)5-6-9(2,3)4/h5-6H2,1-4H3. The fourth-order valence-electron chi connectivity index (χ4n) is 0.450. The molecule has 9 heavy (non-hydrogen) atoms. The Bertz CT molecular complexity index is 106. The van der Waals surface area contributed by atoms with E-state index in [0.29, 0.717) is 0 Å². The van der Waals surface area contributed by atoms with E-state index in [2.05, 4.69) is 19.6 Å². The predicted octanol–water partition coefficient (Wildman–Crippen LogP) is 1.70. The van der Waals surface area contributed by atoms with Crippen LogP contribution in [0.2, 0.25) is 25.7 Å². The fourth-order valence-corrected chi connectivity index (χ4v) is 4.05. The van der Waals surface area contributed by atoms with Gasteiger partial charge >= 0.3 is 0 Å². The van der Waals surface area contributed by atoms with Crippen LogP contribution in [0.3, 0.4) is 0 Å². The first kappa shape index (κ1) is 9.37. The van der Waals surface area contributed by atoms with Crippen molar-refractivity contribution in [3.63, 3.8) is 0 Å². The molecule has 0 saturated carbocycles. The van der Waals surface area contributed by atoms with E-state index in [9.17, 15) is 4.21 Å². The van der Waals surface area contributed by atoms with Gasteiger partial charge in [0.2, 0.25) is 0 Å². The van der Waals surface area contributed by atoms with Crippen LogP contribution < -0.4 is 0 Å². The topological polar surface area (TPSA) is 17.1 Å². The lowest BCUT2D eigenvalue weighted by atomic mass is 11.0. The Morgan fingerprint density at radius 2 is 1.78 bits per heavy atom. The van der Waals surface area contributed by atoms with E-state index >= 15 is 0 Å². The molecule has 0 aromatic rings. The lowest BCUT2D eigenvalue weighted by molar-refractivity contribution is 0.687. The molecule has 0 spiro atoms. The molecule has 1 unspecified atom stereocenters. The van der Waals surface area contributed by atoms with E-state index in [1.165, 1.54) is 6.04 Å². The summed E-state index contributed by atoms with van der Waals surface area (Å²) in [7, 11) is -1.49. The number of hydrogen-bond donors (Lipinski definition) is 0. The molecule has 0 aromatic heterocycles. The Morgan fingerprint density at radius 3 is 1.89 bits per heavy atom. The monoisotopic (exact) mass is 164 g/mol. The highest BCUT2D eigenvalue weighted by molar-refractivity contribution is 7.84. The van der Waals surface area contributed by atoms with Gasteiger partial charge in [-0.2, -0.15) is 0 Å². The third-order valence-corrected chi connectivity index (χ3v) is 4.03. The minimum absolute atomic E-state index is 0.577. The smallest absolute Gasteiger partial charge is 0.0451 e. The minimum Gasteiger partial charge on any atom is -0.260 e. The molecule has 0 aliphatic rings. The normalized spacial score (nSPS) is 15.6. The molecule has 1 nitrogen and oxygen atoms in total. The maximum absolute atomic E-state index is 10.6. The molecule has 0 aromatic carbocycles. The molecule has 0 heterocycles. The van der Waals surface area contributed by atoms with Crippen LogP contribution in [0.5, 0.6) is 0 Å². The van der Waals surface area contributed by atoms with Crippen molar-refractivity contribution in [3.8, 4) is 0 Å². The summed E-state index contributed by atoms with van der Waals surface area (Å²) in [6, 6.07) is 1.19. The first-order valence-corrected chi connectivity index (χ1v) is 8.65. The van der Waals surface area contributed by atoms with Crippen LogP contribution in [0.25, 0.3) is 0 Å². The Labute approximate surface area is 61.3 Å². The van der Waals surface area contributed by atoms with Gasteiger partial charge in [0.15, 0.2) is 0 Å². The summed E-state index contributed by atoms with van der Waals surface area (Å²) in [5.41, 5.74) is 0. The van der Waals surface area contributed by atoms with E-state index in [-0.39, 0.29) is 0 Å². The zero-order valence-electron chi connectivity index (χ0n) is 6.73. The van der Waals surface area contributed by atoms with Gasteiger partial charge in [0, 0.05) is 30.9 Å². The lowest BCUT2D eigenvalue weighted by Crippen LogP contribution is -2.21. The van der Waals surface area contributed by atoms with Gasteiger partial charge in [-0.15, -0.1) is 0 Å². The summed E-state index contributed by atoms with van der Waals surface area (Å²) in [5.74, 6) is 0.899. The second-order valence-electron chi connectivity index (χ2n) is 3.59. The molecular weight excluding hydrogens is 148 g/mol. The lowest BCUT2D eigenvalue weighted by Gasteiger charge is -2.13. The largest absolute Gasteiger partial charge is 0.260 e. The summed E-state index contributed by atoms with van der Waals surface area (Å²) in [6.07, 6.45) is 1.78. The van der Waals surface area contributed by atoms with Crippen molar-refractivity contribution in [3.05, 3.63) is 0 Å². The molecule has 0 bridgehead atoms. The van der Waals surface area contributed by atoms with Gasteiger partial charge in [-0.3, -0.25) is 4.21 Å². The second kappa shape index (κ2) is 3.51. The predicted molar refractivity (Wildman–Crippen MR) is 47.1 cm³/mol. The van der Waals surface area contributed by atoms with E-state index in [4.69, 9.17) is 0 Å². The van der Waals surface area contributed by atoms with Crippen molar-refractivity contribution < 1.29 is 4.21 Å². The second-order valence-corrected chi connectivity index (χ2v) is 10.8. The molecule has 0 rings (SSSR count). The fraction of sp³-hybridized carbons (Fsp3) is 1.00. The van der Waals surface area contributed by atoms with Gasteiger partial charge in [0.05, 0.1) is 0 Å². The third kappa shape index (κ3) is 8.37. The van der Waals surface area contributed by atoms with Crippen LogP contribution in [0.1, 0.15) is 0 Å². The molecule has 0 radical (unpaired) electrons. The summed E-state index contributed by atoms with van der Waals surface area (Å²) in [4.78, 5) is 0. The number of rotatable bonds is 3. The van der Waals surface area contributed by atoms with Gasteiger partial charge in [-0.1, -0.05) is 19.6 Å². The Balaban J connectivity index is 3.39. The number of hydrogen-bond acceptors (Lipinski definition) is 1. The van der Waals surface area contributed by atoms with Gasteiger partial charge in [-0.05, 0) is 6.04 Å². The summed E-state index contributed by atoms with van der Waals surface area (Å²) >= 11 is 0. The Morgan fingerprint density at radius 1 is 1.33 bits per heavy atom. The third-order valence-electron chi connectivity index (χ3n) is 1.14. The van der Waals surface area contributed by atoms with Crippen LogP contribution in [-0.4, -0.2) is 24.3 Å². The first-order chi connectivity index (χ1) is 3.92. The highest BCUT2D eigenvalue weighted by Gasteiger charge is 2.12. The van der Waals surface area contributed by atoms with Crippen molar-refractivity contribution in [1.82, 2.24) is 0 Å². The zero-order chi connectivity index (χ0) is 7.49. The maximum atomic E-state index is 10.6. The van der Waals surface area contributed by atoms with Gasteiger partial charge in [-0.25, -0.2) is 0 Å². The summed E-state index contributed by atoms with van der Waals surface area (Å²) in [6.45, 7) is 6.92. The van der Waals surface area contributed by atoms with Crippen molar-refractivity contribution >= 4 is 18.9 Å². The molecule has 0 fully saturated rings. The van der Waals surface area contributed by atoms with Crippen molar-refractivity contribution in [1.29, 1.82) is 0 Å². The zero-order valence-corrected chi connectivity index (χ0v) is 8.55. The first-order valence-electron chi connectivity index (χ1n) is 3.22. The average molecular weight is 164 g/mol. The van der Waals surface area contributed by atoms with Crippen LogP contribution >= 0.6 is 0 Å². The molecular formula is C6H16OSSi. The molecule has 56 valence electrons. The quantitative estimate of drug-likeness (QED) is 0.580. The van der Waals surface area contributed by atoms with Gasteiger partial charge in [0.1, 0.15) is 0 Å². The average Bonchev–Trinajstić information content (AvgIpc) is 1.59. The van der Waals surface area contributed by atoms with Crippen molar-refractivity contribution in [2.45, 2.75) is 25.7 Å². The van der Waals surface area contributed by atoms with Crippen LogP contribution in [0.4, 0.5) is 0 Å². The Hall–Kier alpha value is 0.367. The highest BCUT2D eigenvalue weighted by atomic mass is 32.2. The van der Waals surface area contributed by atoms with E-state index in [0.717, 1.165) is 5.75 Å². The molecule has 0 N–H and O–H groups in total. The minimum atomic E-state index is -0.913.